The van der Waals surface area contributed by atoms with E-state index in [2.05, 4.69) is 5.32 Å². The molecule has 45 heavy (non-hydrogen) atoms. The normalized spacial score (nSPS) is 22.6. The Morgan fingerprint density at radius 3 is 2.18 bits per heavy atom. The molecule has 1 fully saturated rings. The van der Waals surface area contributed by atoms with Crippen molar-refractivity contribution in [2.24, 2.45) is 5.92 Å². The molecule has 8 rings (SSSR count). The van der Waals surface area contributed by atoms with Gasteiger partial charge in [-0.15, -0.1) is 0 Å². The van der Waals surface area contributed by atoms with Gasteiger partial charge in [-0.25, -0.2) is 0 Å². The van der Waals surface area contributed by atoms with Crippen molar-refractivity contribution in [1.82, 2.24) is 0 Å². The average Bonchev–Trinajstić information content (AvgIpc) is 3.81. The third-order valence-corrected chi connectivity index (χ3v) is 9.27. The number of nitrogens with one attached hydrogen (secondary N) is 1. The summed E-state index contributed by atoms with van der Waals surface area (Å²) in [7, 11) is 0. The zero-order valence-corrected chi connectivity index (χ0v) is 24.1. The van der Waals surface area contributed by atoms with Gasteiger partial charge in [0.25, 0.3) is 0 Å². The summed E-state index contributed by atoms with van der Waals surface area (Å²) in [6, 6.07) is 35.5. The van der Waals surface area contributed by atoms with Crippen LogP contribution in [0.1, 0.15) is 38.9 Å². The van der Waals surface area contributed by atoms with E-state index < -0.39 is 41.3 Å². The molecule has 7 nitrogen and oxygen atoms in total. The first-order chi connectivity index (χ1) is 22.1. The number of hydrogen-bond acceptors (Lipinski definition) is 6. The molecule has 1 saturated heterocycles. The van der Waals surface area contributed by atoms with Crippen molar-refractivity contribution in [3.8, 4) is 0 Å². The number of fused-ring (bicyclic) bond motifs is 6. The Morgan fingerprint density at radius 1 is 0.800 bits per heavy atom. The minimum Gasteiger partial charge on any atom is -0.461 e. The van der Waals surface area contributed by atoms with E-state index in [4.69, 9.17) is 9.15 Å². The maximum Gasteiger partial charge on any atom is 0.314 e. The first-order valence-electron chi connectivity index (χ1n) is 14.9. The van der Waals surface area contributed by atoms with Crippen molar-refractivity contribution < 1.29 is 23.5 Å². The van der Waals surface area contributed by atoms with Crippen LogP contribution in [0.15, 0.2) is 138 Å². The number of para-hydroxylation sites is 2. The lowest BCUT2D eigenvalue weighted by molar-refractivity contribution is -0.156. The molecule has 0 saturated carbocycles. The standard InChI is InChI=1S/C38H28N2O5/c41-34(30-20-11-23-44-30)33-32(36(42)45-35(25-13-3-1-4-14-25)26-15-5-2-6-16-26)38(27-17-8-9-18-28(27)39-37(38)43)31-22-21-24-12-7-10-19-29(24)40(31)33/h1-23,31-33,35H,(H,39,43)/t31?,32-,33+,38+/m1/s1. The molecule has 5 aromatic rings. The summed E-state index contributed by atoms with van der Waals surface area (Å²) in [6.07, 6.45) is 4.57. The first kappa shape index (κ1) is 26.9. The van der Waals surface area contributed by atoms with E-state index in [-0.39, 0.29) is 11.7 Å². The number of carbonyl (C=O) groups is 3. The molecule has 1 N–H and O–H groups in total. The smallest absolute Gasteiger partial charge is 0.314 e. The Kier molecular flexibility index (Phi) is 6.27. The second-order valence-electron chi connectivity index (χ2n) is 11.5. The van der Waals surface area contributed by atoms with Crippen molar-refractivity contribution in [3.63, 3.8) is 0 Å². The van der Waals surface area contributed by atoms with E-state index in [9.17, 15) is 9.59 Å². The van der Waals surface area contributed by atoms with Gasteiger partial charge in [0, 0.05) is 11.4 Å². The number of carbonyl (C=O) groups excluding carboxylic acids is 3. The van der Waals surface area contributed by atoms with Crippen LogP contribution in [-0.4, -0.2) is 29.7 Å². The number of esters is 1. The summed E-state index contributed by atoms with van der Waals surface area (Å²) < 4.78 is 12.1. The van der Waals surface area contributed by atoms with Gasteiger partial charge in [0.1, 0.15) is 17.4 Å². The number of anilines is 2. The topological polar surface area (TPSA) is 88.9 Å². The Morgan fingerprint density at radius 2 is 1.47 bits per heavy atom. The predicted molar refractivity (Wildman–Crippen MR) is 170 cm³/mol. The van der Waals surface area contributed by atoms with E-state index in [1.165, 1.54) is 6.26 Å². The van der Waals surface area contributed by atoms with Crippen LogP contribution >= 0.6 is 0 Å². The minimum atomic E-state index is -1.47. The second-order valence-corrected chi connectivity index (χ2v) is 11.5. The molecule has 0 radical (unpaired) electrons. The highest BCUT2D eigenvalue weighted by Crippen LogP contribution is 2.58. The van der Waals surface area contributed by atoms with Gasteiger partial charge in [-0.1, -0.05) is 109 Å². The molecule has 7 heteroatoms. The number of nitrogens with zero attached hydrogens (tertiary/aromatic N) is 1. The van der Waals surface area contributed by atoms with Crippen molar-refractivity contribution >= 4 is 35.1 Å². The van der Waals surface area contributed by atoms with E-state index in [1.807, 2.05) is 126 Å². The van der Waals surface area contributed by atoms with Gasteiger partial charge in [-0.2, -0.15) is 0 Å². The summed E-state index contributed by atoms with van der Waals surface area (Å²) >= 11 is 0. The molecule has 1 unspecified atom stereocenters. The van der Waals surface area contributed by atoms with Gasteiger partial charge in [0.2, 0.25) is 11.7 Å². The van der Waals surface area contributed by atoms with Crippen molar-refractivity contribution in [2.75, 3.05) is 10.2 Å². The predicted octanol–water partition coefficient (Wildman–Crippen LogP) is 6.59. The molecule has 4 atom stereocenters. The fraction of sp³-hybridized carbons (Fsp3) is 0.132. The molecule has 1 aromatic heterocycles. The van der Waals surface area contributed by atoms with Crippen LogP contribution in [0.4, 0.5) is 11.4 Å². The van der Waals surface area contributed by atoms with Crippen molar-refractivity contribution in [3.05, 3.63) is 162 Å². The zero-order valence-electron chi connectivity index (χ0n) is 24.1. The van der Waals surface area contributed by atoms with Gasteiger partial charge in [0.15, 0.2) is 11.9 Å². The van der Waals surface area contributed by atoms with E-state index in [0.717, 1.165) is 22.4 Å². The molecule has 1 amide bonds. The van der Waals surface area contributed by atoms with Crippen LogP contribution < -0.4 is 10.2 Å². The zero-order chi connectivity index (χ0) is 30.5. The van der Waals surface area contributed by atoms with E-state index in [1.54, 1.807) is 12.1 Å². The third-order valence-electron chi connectivity index (χ3n) is 9.27. The number of amides is 1. The average molecular weight is 593 g/mol. The Labute approximate surface area is 259 Å². The lowest BCUT2D eigenvalue weighted by atomic mass is 9.66. The highest BCUT2D eigenvalue weighted by Gasteiger charge is 2.71. The lowest BCUT2D eigenvalue weighted by Gasteiger charge is -2.37. The number of hydrogen-bond donors (Lipinski definition) is 1. The summed E-state index contributed by atoms with van der Waals surface area (Å²) in [6.45, 7) is 0. The molecule has 1 spiro atoms. The van der Waals surface area contributed by atoms with Crippen LogP contribution in [0, 0.1) is 5.92 Å². The first-order valence-corrected chi connectivity index (χ1v) is 14.9. The lowest BCUT2D eigenvalue weighted by Crippen LogP contribution is -2.51. The number of Topliss-reactive ketones (excluding diaryl/α,β-unsaturated/α-hetero) is 1. The highest BCUT2D eigenvalue weighted by atomic mass is 16.5. The third kappa shape index (κ3) is 4.00. The van der Waals surface area contributed by atoms with Gasteiger partial charge >= 0.3 is 5.97 Å². The monoisotopic (exact) mass is 592 g/mol. The highest BCUT2D eigenvalue weighted by molar-refractivity contribution is 6.15. The van der Waals surface area contributed by atoms with Crippen LogP contribution in [0.5, 0.6) is 0 Å². The minimum absolute atomic E-state index is 0.106. The number of rotatable bonds is 6. The maximum atomic E-state index is 15.0. The summed E-state index contributed by atoms with van der Waals surface area (Å²) in [5.41, 5.74) is 2.98. The fourth-order valence-electron chi connectivity index (χ4n) is 7.42. The Balaban J connectivity index is 1.35. The number of ketones is 1. The molecular weight excluding hydrogens is 564 g/mol. The molecule has 4 aromatic carbocycles. The van der Waals surface area contributed by atoms with Crippen LogP contribution in [0.25, 0.3) is 6.08 Å². The number of furan rings is 1. The van der Waals surface area contributed by atoms with Gasteiger partial charge in [-0.05, 0) is 46.5 Å². The van der Waals surface area contributed by atoms with Crippen LogP contribution in [0.2, 0.25) is 0 Å². The summed E-state index contributed by atoms with van der Waals surface area (Å²) in [4.78, 5) is 46.0. The Bertz CT molecular complexity index is 1910. The number of benzene rings is 4. The van der Waals surface area contributed by atoms with E-state index >= 15 is 4.79 Å². The SMILES string of the molecule is O=C(c1ccco1)[C@@H]1[C@H](C(=O)OC(c2ccccc2)c2ccccc2)[C@@]2(C(=O)Nc3ccccc32)C2C=Cc3ccccc3N21. The summed E-state index contributed by atoms with van der Waals surface area (Å²) in [5, 5.41) is 3.04. The number of ether oxygens (including phenoxy) is 1. The molecule has 0 bridgehead atoms. The molecule has 220 valence electrons. The molecule has 4 heterocycles. The largest absolute Gasteiger partial charge is 0.461 e. The molecular formula is C38H28N2O5. The molecule has 0 aliphatic carbocycles. The van der Waals surface area contributed by atoms with Crippen molar-refractivity contribution in [2.45, 2.75) is 23.6 Å². The molecule has 3 aliphatic rings. The van der Waals surface area contributed by atoms with Crippen LogP contribution in [-0.2, 0) is 19.7 Å². The second kappa shape index (κ2) is 10.5. The van der Waals surface area contributed by atoms with Crippen molar-refractivity contribution in [1.29, 1.82) is 0 Å². The van der Waals surface area contributed by atoms with E-state index in [0.29, 0.717) is 11.3 Å². The van der Waals surface area contributed by atoms with Crippen LogP contribution in [0.3, 0.4) is 0 Å². The quantitative estimate of drug-likeness (QED) is 0.177. The fourth-order valence-corrected chi connectivity index (χ4v) is 7.42. The molecule has 3 aliphatic heterocycles. The Hall–Kier alpha value is -5.69. The van der Waals surface area contributed by atoms with Gasteiger partial charge in [0.05, 0.1) is 12.3 Å². The summed E-state index contributed by atoms with van der Waals surface area (Å²) in [5.74, 6) is -2.52. The van der Waals surface area contributed by atoms with Gasteiger partial charge in [-0.3, -0.25) is 14.4 Å². The maximum absolute atomic E-state index is 15.0. The van der Waals surface area contributed by atoms with Gasteiger partial charge < -0.3 is 19.4 Å².